The molecule has 7 heteroatoms. The van der Waals surface area contributed by atoms with E-state index in [4.69, 9.17) is 4.74 Å². The molecule has 3 rings (SSSR count). The first-order valence-electron chi connectivity index (χ1n) is 8.64. The normalized spacial score (nSPS) is 12.0. The van der Waals surface area contributed by atoms with Crippen molar-refractivity contribution in [3.63, 3.8) is 0 Å². The monoisotopic (exact) mass is 366 g/mol. The Morgan fingerprint density at radius 3 is 2.59 bits per heavy atom. The van der Waals surface area contributed by atoms with Crippen LogP contribution in [0, 0.1) is 13.8 Å². The first-order chi connectivity index (χ1) is 12.9. The number of hydrogen-bond acceptors (Lipinski definition) is 5. The van der Waals surface area contributed by atoms with E-state index in [9.17, 15) is 9.59 Å². The number of nitrogens with zero attached hydrogens (tertiary/aromatic N) is 3. The van der Waals surface area contributed by atoms with Gasteiger partial charge in [-0.25, -0.2) is 4.98 Å². The summed E-state index contributed by atoms with van der Waals surface area (Å²) in [5, 5.41) is 8.05. The molecule has 140 valence electrons. The van der Waals surface area contributed by atoms with Gasteiger partial charge in [-0.05, 0) is 25.5 Å². The standard InChI is InChI=1S/C20H22N4O3/c1-12-10-15(18-13(2)23-24(3)19(18)21-12)20(26)22-16(11-17(25)27-4)14-8-6-5-7-9-14/h5-10,16H,11H2,1-4H3,(H,22,26). The Morgan fingerprint density at radius 2 is 1.93 bits per heavy atom. The summed E-state index contributed by atoms with van der Waals surface area (Å²) in [5.41, 5.74) is 3.44. The number of carbonyl (C=O) groups excluding carboxylic acids is 2. The van der Waals surface area contributed by atoms with Gasteiger partial charge in [0, 0.05) is 12.7 Å². The van der Waals surface area contributed by atoms with Gasteiger partial charge >= 0.3 is 5.97 Å². The second-order valence-electron chi connectivity index (χ2n) is 6.44. The molecule has 2 heterocycles. The molecule has 0 spiro atoms. The third kappa shape index (κ3) is 3.81. The number of hydrogen-bond donors (Lipinski definition) is 1. The first kappa shape index (κ1) is 18.6. The maximum atomic E-state index is 13.1. The minimum absolute atomic E-state index is 0.0471. The van der Waals surface area contributed by atoms with Crippen LogP contribution in [0.25, 0.3) is 11.0 Å². The number of rotatable bonds is 5. The molecule has 2 aromatic heterocycles. The summed E-state index contributed by atoms with van der Waals surface area (Å²) in [6.07, 6.45) is 0.0471. The van der Waals surface area contributed by atoms with E-state index in [1.165, 1.54) is 7.11 Å². The molecular formula is C20H22N4O3. The number of ether oxygens (including phenoxy) is 1. The summed E-state index contributed by atoms with van der Waals surface area (Å²) in [6, 6.07) is 10.6. The van der Waals surface area contributed by atoms with Crippen molar-refractivity contribution in [2.24, 2.45) is 7.05 Å². The highest BCUT2D eigenvalue weighted by molar-refractivity contribution is 6.06. The van der Waals surface area contributed by atoms with Gasteiger partial charge in [0.05, 0.1) is 36.2 Å². The van der Waals surface area contributed by atoms with Crippen LogP contribution in [0.4, 0.5) is 0 Å². The average molecular weight is 366 g/mol. The number of amides is 1. The smallest absolute Gasteiger partial charge is 0.307 e. The van der Waals surface area contributed by atoms with Crippen LogP contribution in [0.3, 0.4) is 0 Å². The molecule has 0 fully saturated rings. The molecule has 1 atom stereocenters. The van der Waals surface area contributed by atoms with Crippen LogP contribution < -0.4 is 5.32 Å². The van der Waals surface area contributed by atoms with Gasteiger partial charge in [-0.1, -0.05) is 30.3 Å². The molecular weight excluding hydrogens is 344 g/mol. The van der Waals surface area contributed by atoms with Gasteiger partial charge in [-0.2, -0.15) is 5.10 Å². The number of nitrogens with one attached hydrogen (secondary N) is 1. The molecule has 3 aromatic rings. The van der Waals surface area contributed by atoms with Crippen molar-refractivity contribution in [3.05, 3.63) is 58.9 Å². The second kappa shape index (κ2) is 7.57. The number of carbonyl (C=O) groups is 2. The van der Waals surface area contributed by atoms with Crippen molar-refractivity contribution in [2.75, 3.05) is 7.11 Å². The predicted octanol–water partition coefficient (Wildman–Crippen LogP) is 2.62. The van der Waals surface area contributed by atoms with Gasteiger partial charge in [-0.15, -0.1) is 0 Å². The molecule has 1 N–H and O–H groups in total. The van der Waals surface area contributed by atoms with E-state index in [1.54, 1.807) is 17.8 Å². The Balaban J connectivity index is 1.99. The van der Waals surface area contributed by atoms with Gasteiger partial charge in [-0.3, -0.25) is 14.3 Å². The molecule has 1 amide bonds. The first-order valence-corrected chi connectivity index (χ1v) is 8.64. The van der Waals surface area contributed by atoms with Crippen LogP contribution in [0.15, 0.2) is 36.4 Å². The molecule has 0 bridgehead atoms. The summed E-state index contributed by atoms with van der Waals surface area (Å²) >= 11 is 0. The largest absolute Gasteiger partial charge is 0.469 e. The van der Waals surface area contributed by atoms with Crippen molar-refractivity contribution < 1.29 is 14.3 Å². The number of aryl methyl sites for hydroxylation is 3. The van der Waals surface area contributed by atoms with E-state index in [1.807, 2.05) is 44.2 Å². The van der Waals surface area contributed by atoms with Crippen LogP contribution >= 0.6 is 0 Å². The lowest BCUT2D eigenvalue weighted by molar-refractivity contribution is -0.141. The summed E-state index contributed by atoms with van der Waals surface area (Å²) in [6.45, 7) is 3.68. The summed E-state index contributed by atoms with van der Waals surface area (Å²) in [7, 11) is 3.13. The van der Waals surface area contributed by atoms with Crippen LogP contribution in [0.5, 0.6) is 0 Å². The lowest BCUT2D eigenvalue weighted by atomic mass is 10.0. The van der Waals surface area contributed by atoms with Gasteiger partial charge in [0.25, 0.3) is 5.91 Å². The lowest BCUT2D eigenvalue weighted by Gasteiger charge is -2.19. The molecule has 0 aliphatic rings. The third-order valence-electron chi connectivity index (χ3n) is 4.45. The SMILES string of the molecule is COC(=O)CC(NC(=O)c1cc(C)nc2c1c(C)nn2C)c1ccccc1. The average Bonchev–Trinajstić information content (AvgIpc) is 2.94. The summed E-state index contributed by atoms with van der Waals surface area (Å²) in [5.74, 6) is -0.669. The van der Waals surface area contributed by atoms with Crippen molar-refractivity contribution in [1.29, 1.82) is 0 Å². The van der Waals surface area contributed by atoms with Crippen molar-refractivity contribution >= 4 is 22.9 Å². The van der Waals surface area contributed by atoms with Crippen LogP contribution in [-0.4, -0.2) is 33.8 Å². The van der Waals surface area contributed by atoms with Gasteiger partial charge < -0.3 is 10.1 Å². The fourth-order valence-corrected chi connectivity index (χ4v) is 3.17. The van der Waals surface area contributed by atoms with Crippen LogP contribution in [0.2, 0.25) is 0 Å². The minimum atomic E-state index is -0.494. The zero-order valence-electron chi connectivity index (χ0n) is 15.8. The number of esters is 1. The number of pyridine rings is 1. The number of benzene rings is 1. The molecule has 1 aromatic carbocycles. The molecule has 0 aliphatic carbocycles. The second-order valence-corrected chi connectivity index (χ2v) is 6.44. The molecule has 0 saturated carbocycles. The highest BCUT2D eigenvalue weighted by atomic mass is 16.5. The van der Waals surface area contributed by atoms with E-state index in [0.29, 0.717) is 16.6 Å². The fraction of sp³-hybridized carbons (Fsp3) is 0.300. The molecule has 7 nitrogen and oxygen atoms in total. The summed E-state index contributed by atoms with van der Waals surface area (Å²) < 4.78 is 6.45. The number of methoxy groups -OCH3 is 1. The highest BCUT2D eigenvalue weighted by Gasteiger charge is 2.23. The van der Waals surface area contributed by atoms with Crippen molar-refractivity contribution in [3.8, 4) is 0 Å². The fourth-order valence-electron chi connectivity index (χ4n) is 3.17. The Morgan fingerprint density at radius 1 is 1.22 bits per heavy atom. The van der Waals surface area contributed by atoms with E-state index >= 15 is 0 Å². The molecule has 1 unspecified atom stereocenters. The minimum Gasteiger partial charge on any atom is -0.469 e. The highest BCUT2D eigenvalue weighted by Crippen LogP contribution is 2.24. The van der Waals surface area contributed by atoms with E-state index < -0.39 is 12.0 Å². The van der Waals surface area contributed by atoms with Crippen molar-refractivity contribution in [1.82, 2.24) is 20.1 Å². The number of fused-ring (bicyclic) bond motifs is 1. The van der Waals surface area contributed by atoms with E-state index in [2.05, 4.69) is 15.4 Å². The molecule has 0 aliphatic heterocycles. The lowest BCUT2D eigenvalue weighted by Crippen LogP contribution is -2.30. The van der Waals surface area contributed by atoms with Crippen LogP contribution in [-0.2, 0) is 16.6 Å². The van der Waals surface area contributed by atoms with E-state index in [-0.39, 0.29) is 12.3 Å². The summed E-state index contributed by atoms with van der Waals surface area (Å²) in [4.78, 5) is 29.4. The Kier molecular flexibility index (Phi) is 5.21. The van der Waals surface area contributed by atoms with Gasteiger partial charge in [0.1, 0.15) is 0 Å². The zero-order valence-corrected chi connectivity index (χ0v) is 15.8. The van der Waals surface area contributed by atoms with Gasteiger partial charge in [0.2, 0.25) is 0 Å². The Hall–Kier alpha value is -3.22. The quantitative estimate of drug-likeness (QED) is 0.702. The number of aromatic nitrogens is 3. The Bertz CT molecular complexity index is 995. The van der Waals surface area contributed by atoms with Gasteiger partial charge in [0.15, 0.2) is 5.65 Å². The molecule has 0 saturated heterocycles. The zero-order chi connectivity index (χ0) is 19.6. The Labute approximate surface area is 157 Å². The topological polar surface area (TPSA) is 86.1 Å². The maximum Gasteiger partial charge on any atom is 0.307 e. The van der Waals surface area contributed by atoms with Crippen LogP contribution in [0.1, 0.15) is 39.8 Å². The third-order valence-corrected chi connectivity index (χ3v) is 4.45. The predicted molar refractivity (Wildman–Crippen MR) is 101 cm³/mol. The molecule has 27 heavy (non-hydrogen) atoms. The maximum absolute atomic E-state index is 13.1. The molecule has 0 radical (unpaired) electrons. The van der Waals surface area contributed by atoms with Crippen molar-refractivity contribution in [2.45, 2.75) is 26.3 Å². The van der Waals surface area contributed by atoms with E-state index in [0.717, 1.165) is 17.0 Å².